The number of pyridine rings is 1. The molecular formula is C18H26BrNO3Si. The van der Waals surface area contributed by atoms with Crippen LogP contribution in [0, 0.1) is 0 Å². The third kappa shape index (κ3) is 3.99. The van der Waals surface area contributed by atoms with Gasteiger partial charge in [0, 0.05) is 21.5 Å². The van der Waals surface area contributed by atoms with Crippen molar-refractivity contribution in [2.75, 3.05) is 13.7 Å². The smallest absolute Gasteiger partial charge is 0.213 e. The van der Waals surface area contributed by atoms with Crippen molar-refractivity contribution in [2.24, 2.45) is 0 Å². The molecular weight excluding hydrogens is 386 g/mol. The van der Waals surface area contributed by atoms with Crippen molar-refractivity contribution < 1.29 is 14.3 Å². The number of benzene rings is 1. The van der Waals surface area contributed by atoms with Crippen molar-refractivity contribution in [2.45, 2.75) is 45.0 Å². The molecule has 1 aromatic heterocycles. The zero-order valence-corrected chi connectivity index (χ0v) is 17.8. The monoisotopic (exact) mass is 411 g/mol. The number of rotatable bonds is 5. The number of aromatic nitrogens is 1. The highest BCUT2D eigenvalue weighted by molar-refractivity contribution is 9.10. The van der Waals surface area contributed by atoms with E-state index >= 15 is 0 Å². The maximum Gasteiger partial charge on any atom is 0.213 e. The molecule has 24 heavy (non-hydrogen) atoms. The molecule has 2 aromatic rings. The molecule has 0 fully saturated rings. The van der Waals surface area contributed by atoms with Gasteiger partial charge in [-0.2, -0.15) is 0 Å². The van der Waals surface area contributed by atoms with E-state index in [4.69, 9.17) is 9.16 Å². The fourth-order valence-electron chi connectivity index (χ4n) is 2.19. The van der Waals surface area contributed by atoms with E-state index in [0.29, 0.717) is 5.88 Å². The molecule has 0 aliphatic heterocycles. The second-order valence-corrected chi connectivity index (χ2v) is 13.1. The topological polar surface area (TPSA) is 51.6 Å². The van der Waals surface area contributed by atoms with Gasteiger partial charge < -0.3 is 14.3 Å². The molecule has 2 rings (SSSR count). The Labute approximate surface area is 153 Å². The molecule has 1 atom stereocenters. The van der Waals surface area contributed by atoms with E-state index in [2.05, 4.69) is 54.8 Å². The van der Waals surface area contributed by atoms with Crippen LogP contribution in [-0.2, 0) is 4.43 Å². The van der Waals surface area contributed by atoms with Crippen LogP contribution in [0.4, 0.5) is 0 Å². The van der Waals surface area contributed by atoms with E-state index in [0.717, 1.165) is 20.9 Å². The zero-order chi connectivity index (χ0) is 18.1. The van der Waals surface area contributed by atoms with Gasteiger partial charge in [0.1, 0.15) is 6.10 Å². The van der Waals surface area contributed by atoms with E-state index < -0.39 is 14.4 Å². The van der Waals surface area contributed by atoms with Gasteiger partial charge in [-0.1, -0.05) is 42.8 Å². The molecule has 0 saturated carbocycles. The molecule has 0 aliphatic carbocycles. The van der Waals surface area contributed by atoms with Gasteiger partial charge in [-0.05, 0) is 30.3 Å². The third-order valence-corrected chi connectivity index (χ3v) is 9.97. The lowest BCUT2D eigenvalue weighted by molar-refractivity contribution is 0.101. The summed E-state index contributed by atoms with van der Waals surface area (Å²) in [5, 5.41) is 11.8. The van der Waals surface area contributed by atoms with Crippen LogP contribution in [0.2, 0.25) is 18.1 Å². The van der Waals surface area contributed by atoms with Crippen molar-refractivity contribution in [1.82, 2.24) is 4.98 Å². The molecule has 0 saturated heterocycles. The predicted molar refractivity (Wildman–Crippen MR) is 104 cm³/mol. The van der Waals surface area contributed by atoms with Crippen LogP contribution < -0.4 is 4.74 Å². The second kappa shape index (κ2) is 7.12. The van der Waals surface area contributed by atoms with Crippen LogP contribution in [0.5, 0.6) is 5.88 Å². The molecule has 0 radical (unpaired) electrons. The summed E-state index contributed by atoms with van der Waals surface area (Å²) in [6.45, 7) is 11.2. The van der Waals surface area contributed by atoms with E-state index in [1.54, 1.807) is 7.11 Å². The maximum absolute atomic E-state index is 10.8. The SMILES string of the molecule is COc1ccc2ccc(Br)c(C(O)CO[Si](C)(C)C(C)(C)C)c2n1. The molecule has 132 valence electrons. The summed E-state index contributed by atoms with van der Waals surface area (Å²) in [4.78, 5) is 4.51. The molecule has 0 bridgehead atoms. The summed E-state index contributed by atoms with van der Waals surface area (Å²) in [7, 11) is -0.338. The first-order chi connectivity index (χ1) is 11.1. The van der Waals surface area contributed by atoms with Crippen LogP contribution in [-0.4, -0.2) is 32.1 Å². The zero-order valence-electron chi connectivity index (χ0n) is 15.2. The van der Waals surface area contributed by atoms with Gasteiger partial charge in [-0.3, -0.25) is 0 Å². The lowest BCUT2D eigenvalue weighted by Gasteiger charge is -2.36. The Hall–Kier alpha value is -0.953. The van der Waals surface area contributed by atoms with Gasteiger partial charge in [0.05, 0.1) is 19.2 Å². The Bertz CT molecular complexity index is 728. The number of ether oxygens (including phenoxy) is 1. The summed E-state index contributed by atoms with van der Waals surface area (Å²) >= 11 is 3.54. The Balaban J connectivity index is 2.35. The van der Waals surface area contributed by atoms with Crippen molar-refractivity contribution in [3.8, 4) is 5.88 Å². The summed E-state index contributed by atoms with van der Waals surface area (Å²) in [6.07, 6.45) is -0.753. The standard InChI is InChI=1S/C18H26BrNO3Si/c1-18(2,3)24(5,6)23-11-14(21)16-13(19)9-7-12-8-10-15(22-4)20-17(12)16/h7-10,14,21H,11H2,1-6H3. The first-order valence-electron chi connectivity index (χ1n) is 8.02. The molecule has 1 unspecified atom stereocenters. The number of fused-ring (bicyclic) bond motifs is 1. The minimum Gasteiger partial charge on any atom is -0.481 e. The van der Waals surface area contributed by atoms with E-state index in [1.807, 2.05) is 24.3 Å². The van der Waals surface area contributed by atoms with Crippen molar-refractivity contribution >= 4 is 35.2 Å². The van der Waals surface area contributed by atoms with Gasteiger partial charge >= 0.3 is 0 Å². The number of nitrogens with zero attached hydrogens (tertiary/aromatic N) is 1. The Morgan fingerprint density at radius 2 is 1.83 bits per heavy atom. The summed E-state index contributed by atoms with van der Waals surface area (Å²) in [5.41, 5.74) is 1.47. The van der Waals surface area contributed by atoms with Crippen molar-refractivity contribution in [1.29, 1.82) is 0 Å². The molecule has 0 spiro atoms. The summed E-state index contributed by atoms with van der Waals surface area (Å²) < 4.78 is 12.2. The molecule has 6 heteroatoms. The molecule has 4 nitrogen and oxygen atoms in total. The molecule has 0 amide bonds. The largest absolute Gasteiger partial charge is 0.481 e. The number of aliphatic hydroxyl groups is 1. The Morgan fingerprint density at radius 1 is 1.21 bits per heavy atom. The normalized spacial score (nSPS) is 14.0. The summed E-state index contributed by atoms with van der Waals surface area (Å²) in [6, 6.07) is 7.66. The predicted octanol–water partition coefficient (Wildman–Crippen LogP) is 5.06. The number of aliphatic hydroxyl groups excluding tert-OH is 1. The van der Waals surface area contributed by atoms with Gasteiger partial charge in [0.15, 0.2) is 8.32 Å². The Morgan fingerprint density at radius 3 is 2.42 bits per heavy atom. The van der Waals surface area contributed by atoms with Crippen molar-refractivity contribution in [3.63, 3.8) is 0 Å². The van der Waals surface area contributed by atoms with Crippen LogP contribution in [0.25, 0.3) is 10.9 Å². The third-order valence-electron chi connectivity index (χ3n) is 4.77. The van der Waals surface area contributed by atoms with Crippen LogP contribution in [0.3, 0.4) is 0 Å². The lowest BCUT2D eigenvalue weighted by Crippen LogP contribution is -2.41. The number of methoxy groups -OCH3 is 1. The highest BCUT2D eigenvalue weighted by atomic mass is 79.9. The van der Waals surface area contributed by atoms with E-state index in [1.165, 1.54) is 0 Å². The average molecular weight is 412 g/mol. The van der Waals surface area contributed by atoms with E-state index in [-0.39, 0.29) is 11.6 Å². The summed E-state index contributed by atoms with van der Waals surface area (Å²) in [5.74, 6) is 0.527. The quantitative estimate of drug-likeness (QED) is 0.698. The highest BCUT2D eigenvalue weighted by Gasteiger charge is 2.37. The first kappa shape index (κ1) is 19.4. The Kier molecular flexibility index (Phi) is 5.74. The number of hydrogen-bond donors (Lipinski definition) is 1. The van der Waals surface area contributed by atoms with Gasteiger partial charge in [0.25, 0.3) is 0 Å². The van der Waals surface area contributed by atoms with Gasteiger partial charge in [-0.25, -0.2) is 4.98 Å². The molecule has 1 heterocycles. The fourth-order valence-corrected chi connectivity index (χ4v) is 3.78. The van der Waals surface area contributed by atoms with Crippen LogP contribution in [0.1, 0.15) is 32.4 Å². The molecule has 0 aliphatic rings. The lowest BCUT2D eigenvalue weighted by atomic mass is 10.1. The molecule has 1 aromatic carbocycles. The van der Waals surface area contributed by atoms with Crippen molar-refractivity contribution in [3.05, 3.63) is 34.3 Å². The van der Waals surface area contributed by atoms with E-state index in [9.17, 15) is 5.11 Å². The maximum atomic E-state index is 10.8. The first-order valence-corrected chi connectivity index (χ1v) is 11.7. The van der Waals surface area contributed by atoms with Gasteiger partial charge in [0.2, 0.25) is 5.88 Å². The number of hydrogen-bond acceptors (Lipinski definition) is 4. The van der Waals surface area contributed by atoms with Gasteiger partial charge in [-0.15, -0.1) is 0 Å². The van der Waals surface area contributed by atoms with Crippen LogP contribution >= 0.6 is 15.9 Å². The van der Waals surface area contributed by atoms with Crippen LogP contribution in [0.15, 0.2) is 28.7 Å². The fraction of sp³-hybridized carbons (Fsp3) is 0.500. The molecule has 1 N–H and O–H groups in total. The second-order valence-electron chi connectivity index (χ2n) is 7.47. The average Bonchev–Trinajstić information content (AvgIpc) is 2.50. The number of halogens is 1. The minimum atomic E-state index is -1.92. The highest BCUT2D eigenvalue weighted by Crippen LogP contribution is 2.38. The minimum absolute atomic E-state index is 0.101.